The largest absolute Gasteiger partial charge is 0.493 e. The van der Waals surface area contributed by atoms with Crippen molar-refractivity contribution in [1.29, 1.82) is 0 Å². The lowest BCUT2D eigenvalue weighted by Crippen LogP contribution is -2.48. The van der Waals surface area contributed by atoms with Crippen molar-refractivity contribution in [3.8, 4) is 5.75 Å². The third-order valence-electron chi connectivity index (χ3n) is 6.47. The summed E-state index contributed by atoms with van der Waals surface area (Å²) in [6.45, 7) is 5.40. The fourth-order valence-corrected chi connectivity index (χ4v) is 4.98. The molecule has 2 N–H and O–H groups in total. The number of aromatic amines is 1. The van der Waals surface area contributed by atoms with E-state index in [2.05, 4.69) is 4.98 Å². The van der Waals surface area contributed by atoms with E-state index in [9.17, 15) is 4.39 Å². The van der Waals surface area contributed by atoms with Gasteiger partial charge in [0.1, 0.15) is 23.1 Å². The first-order valence-corrected chi connectivity index (χ1v) is 12.0. The Morgan fingerprint density at radius 2 is 1.82 bits per heavy atom. The van der Waals surface area contributed by atoms with E-state index in [0.717, 1.165) is 22.9 Å². The van der Waals surface area contributed by atoms with Gasteiger partial charge in [-0.3, -0.25) is 4.90 Å². The molecule has 34 heavy (non-hydrogen) atoms. The van der Waals surface area contributed by atoms with Gasteiger partial charge in [-0.2, -0.15) is 0 Å². The van der Waals surface area contributed by atoms with Crippen LogP contribution in [0.5, 0.6) is 5.75 Å². The lowest BCUT2D eigenvalue weighted by molar-refractivity contribution is 0.0642. The number of alkyl halides is 1. The molecule has 7 heteroatoms. The molecule has 4 rings (SSSR count). The number of nitrogens with one attached hydrogen (secondary N) is 1. The number of H-pyrrole nitrogens is 1. The topological polar surface area (TPSA) is 48.5 Å². The highest BCUT2D eigenvalue weighted by molar-refractivity contribution is 5.85. The van der Waals surface area contributed by atoms with Gasteiger partial charge in [-0.05, 0) is 58.1 Å². The average Bonchev–Trinajstić information content (AvgIpc) is 3.12. The van der Waals surface area contributed by atoms with Crippen LogP contribution in [0.25, 0.3) is 10.9 Å². The van der Waals surface area contributed by atoms with Crippen LogP contribution in [0, 0.1) is 11.6 Å². The molecule has 0 fully saturated rings. The Bertz CT molecular complexity index is 1120. The number of para-hydroxylation sites is 1. The van der Waals surface area contributed by atoms with Gasteiger partial charge in [-0.25, -0.2) is 13.2 Å². The number of hydrogen-bond acceptors (Lipinski definition) is 3. The van der Waals surface area contributed by atoms with Crippen molar-refractivity contribution in [3.05, 3.63) is 64.9 Å². The number of aromatic nitrogens is 1. The summed E-state index contributed by atoms with van der Waals surface area (Å²) >= 11 is 0. The van der Waals surface area contributed by atoms with Crippen LogP contribution in [0.4, 0.5) is 13.2 Å². The van der Waals surface area contributed by atoms with E-state index in [4.69, 9.17) is 9.84 Å². The molecule has 0 saturated carbocycles. The lowest BCUT2D eigenvalue weighted by atomic mass is 9.87. The summed E-state index contributed by atoms with van der Waals surface area (Å²) in [5, 5.41) is 9.89. The first-order valence-electron chi connectivity index (χ1n) is 12.0. The fraction of sp³-hybridized carbons (Fsp3) is 0.481. The minimum atomic E-state index is -1.54. The zero-order chi connectivity index (χ0) is 24.5. The summed E-state index contributed by atoms with van der Waals surface area (Å²) in [6.07, 6.45) is 2.78. The zero-order valence-electron chi connectivity index (χ0n) is 20.0. The second-order valence-electron chi connectivity index (χ2n) is 9.84. The van der Waals surface area contributed by atoms with Gasteiger partial charge in [-0.1, -0.05) is 18.2 Å². The minimum absolute atomic E-state index is 0.0373. The highest BCUT2D eigenvalue weighted by atomic mass is 19.1. The molecule has 0 radical (unpaired) electrons. The van der Waals surface area contributed by atoms with Crippen LogP contribution in [0.15, 0.2) is 36.4 Å². The van der Waals surface area contributed by atoms with E-state index in [1.54, 1.807) is 0 Å². The molecule has 0 spiro atoms. The van der Waals surface area contributed by atoms with Crippen molar-refractivity contribution >= 4 is 10.9 Å². The Balaban J connectivity index is 1.75. The number of benzene rings is 2. The molecule has 2 heterocycles. The monoisotopic (exact) mass is 474 g/mol. The van der Waals surface area contributed by atoms with Gasteiger partial charge in [0.05, 0.1) is 12.6 Å². The van der Waals surface area contributed by atoms with E-state index in [-0.39, 0.29) is 30.5 Å². The van der Waals surface area contributed by atoms with Gasteiger partial charge in [0.15, 0.2) is 0 Å². The number of hydrogen-bond donors (Lipinski definition) is 2. The quantitative estimate of drug-likeness (QED) is 0.370. The van der Waals surface area contributed by atoms with Crippen molar-refractivity contribution in [2.24, 2.45) is 0 Å². The van der Waals surface area contributed by atoms with E-state index >= 15 is 8.78 Å². The van der Waals surface area contributed by atoms with Crippen molar-refractivity contribution in [2.45, 2.75) is 64.2 Å². The molecule has 1 aliphatic heterocycles. The standard InChI is InChI=1S/C27H33F3N2O2/c1-17-13-20-19-9-5-6-10-23(19)31-25(20)26(32(17)16-27(2,3)30)24-21(28)14-18(15-22(24)29)34-12-8-4-7-11-33/h5-6,9-10,14-15,17,26,31,33H,4,7-8,11-13,16H2,1-3H3/t17-,26-/m1/s1. The molecule has 3 aromatic rings. The van der Waals surface area contributed by atoms with Crippen molar-refractivity contribution in [1.82, 2.24) is 9.88 Å². The summed E-state index contributed by atoms with van der Waals surface area (Å²) in [7, 11) is 0. The van der Waals surface area contributed by atoms with Crippen LogP contribution in [-0.2, 0) is 6.42 Å². The smallest absolute Gasteiger partial charge is 0.135 e. The minimum Gasteiger partial charge on any atom is -0.493 e. The third-order valence-corrected chi connectivity index (χ3v) is 6.47. The van der Waals surface area contributed by atoms with Crippen LogP contribution in [0.3, 0.4) is 0 Å². The summed E-state index contributed by atoms with van der Waals surface area (Å²) < 4.78 is 51.4. The molecule has 184 valence electrons. The molecule has 2 aromatic carbocycles. The number of aliphatic hydroxyl groups is 1. The Kier molecular flexibility index (Phi) is 7.24. The molecule has 0 bridgehead atoms. The maximum atomic E-state index is 15.5. The summed E-state index contributed by atoms with van der Waals surface area (Å²) in [5.41, 5.74) is 0.981. The Labute approximate surface area is 198 Å². The Hall–Kier alpha value is -2.51. The van der Waals surface area contributed by atoms with Crippen LogP contribution >= 0.6 is 0 Å². The van der Waals surface area contributed by atoms with Crippen LogP contribution in [-0.4, -0.2) is 46.5 Å². The third kappa shape index (κ3) is 5.10. The van der Waals surface area contributed by atoms with E-state index in [1.165, 1.54) is 26.0 Å². The number of halogens is 3. The number of ether oxygens (including phenoxy) is 1. The predicted molar refractivity (Wildman–Crippen MR) is 128 cm³/mol. The number of aliphatic hydroxyl groups excluding tert-OH is 1. The van der Waals surface area contributed by atoms with Gasteiger partial charge in [-0.15, -0.1) is 0 Å². The number of rotatable bonds is 9. The Morgan fingerprint density at radius 1 is 1.12 bits per heavy atom. The van der Waals surface area contributed by atoms with Gasteiger partial charge < -0.3 is 14.8 Å². The number of unbranched alkanes of at least 4 members (excludes halogenated alkanes) is 2. The molecule has 0 saturated heterocycles. The molecule has 0 aliphatic carbocycles. The van der Waals surface area contributed by atoms with E-state index in [0.29, 0.717) is 31.6 Å². The summed E-state index contributed by atoms with van der Waals surface area (Å²) in [5.74, 6) is -1.30. The molecule has 0 unspecified atom stereocenters. The van der Waals surface area contributed by atoms with Crippen molar-refractivity contribution in [3.63, 3.8) is 0 Å². The molecule has 1 aliphatic rings. The summed E-state index contributed by atoms with van der Waals surface area (Å²) in [4.78, 5) is 5.23. The molecule has 1 aromatic heterocycles. The van der Waals surface area contributed by atoms with Crippen LogP contribution in [0.2, 0.25) is 0 Å². The molecular weight excluding hydrogens is 441 g/mol. The van der Waals surface area contributed by atoms with Gasteiger partial charge in [0, 0.05) is 53.5 Å². The van der Waals surface area contributed by atoms with Crippen LogP contribution < -0.4 is 4.74 Å². The molecular formula is C27H33F3N2O2. The first-order chi connectivity index (χ1) is 16.2. The maximum Gasteiger partial charge on any atom is 0.135 e. The fourth-order valence-electron chi connectivity index (χ4n) is 4.98. The zero-order valence-corrected chi connectivity index (χ0v) is 20.0. The molecule has 4 nitrogen and oxygen atoms in total. The second kappa shape index (κ2) is 10.0. The Morgan fingerprint density at radius 3 is 2.50 bits per heavy atom. The second-order valence-corrected chi connectivity index (χ2v) is 9.84. The van der Waals surface area contributed by atoms with E-state index < -0.39 is 23.3 Å². The van der Waals surface area contributed by atoms with Gasteiger partial charge in [0.2, 0.25) is 0 Å². The maximum absolute atomic E-state index is 15.5. The molecule has 2 atom stereocenters. The van der Waals surface area contributed by atoms with Crippen molar-refractivity contribution in [2.75, 3.05) is 19.8 Å². The SMILES string of the molecule is C[C@@H]1Cc2c([nH]c3ccccc23)[C@@H](c2c(F)cc(OCCCCCO)cc2F)N1CC(C)(C)F. The average molecular weight is 475 g/mol. The van der Waals surface area contributed by atoms with Gasteiger partial charge in [0.25, 0.3) is 0 Å². The lowest BCUT2D eigenvalue weighted by Gasteiger charge is -2.43. The van der Waals surface area contributed by atoms with Gasteiger partial charge >= 0.3 is 0 Å². The van der Waals surface area contributed by atoms with E-state index in [1.807, 2.05) is 36.1 Å². The first kappa shape index (κ1) is 24.6. The highest BCUT2D eigenvalue weighted by Gasteiger charge is 2.41. The normalized spacial score (nSPS) is 18.9. The predicted octanol–water partition coefficient (Wildman–Crippen LogP) is 6.07. The van der Waals surface area contributed by atoms with Crippen LogP contribution in [0.1, 0.15) is 62.9 Å². The van der Waals surface area contributed by atoms with Crippen molar-refractivity contribution < 1.29 is 23.0 Å². The number of nitrogens with zero attached hydrogens (tertiary/aromatic N) is 1. The number of fused-ring (bicyclic) bond motifs is 3. The highest BCUT2D eigenvalue weighted by Crippen LogP contribution is 2.43. The summed E-state index contributed by atoms with van der Waals surface area (Å²) in [6, 6.07) is 9.33. The molecule has 0 amide bonds.